The Morgan fingerprint density at radius 1 is 1.18 bits per heavy atom. The van der Waals surface area contributed by atoms with Crippen LogP contribution in [0, 0.1) is 0 Å². The molecule has 1 aromatic heterocycles. The fourth-order valence-electron chi connectivity index (χ4n) is 2.15. The smallest absolute Gasteiger partial charge is 0.161 e. The lowest BCUT2D eigenvalue weighted by Crippen LogP contribution is -2.21. The van der Waals surface area contributed by atoms with Crippen molar-refractivity contribution in [2.75, 3.05) is 20.3 Å². The fourth-order valence-corrected chi connectivity index (χ4v) is 2.15. The third-order valence-corrected chi connectivity index (χ3v) is 3.29. The van der Waals surface area contributed by atoms with E-state index in [2.05, 4.69) is 10.3 Å². The number of aliphatic hydroxyl groups is 1. The van der Waals surface area contributed by atoms with Gasteiger partial charge in [0.25, 0.3) is 0 Å². The third kappa shape index (κ3) is 4.44. The van der Waals surface area contributed by atoms with Crippen molar-refractivity contribution in [2.24, 2.45) is 0 Å². The summed E-state index contributed by atoms with van der Waals surface area (Å²) >= 11 is 0. The van der Waals surface area contributed by atoms with Gasteiger partial charge < -0.3 is 19.9 Å². The molecule has 0 aliphatic heterocycles. The minimum atomic E-state index is -0.549. The maximum Gasteiger partial charge on any atom is 0.161 e. The van der Waals surface area contributed by atoms with Gasteiger partial charge in [-0.2, -0.15) is 0 Å². The fraction of sp³-hybridized carbons (Fsp3) is 0.353. The number of nitrogens with one attached hydrogen (secondary N) is 1. The van der Waals surface area contributed by atoms with Gasteiger partial charge in [-0.15, -0.1) is 0 Å². The normalized spacial score (nSPS) is 12.0. The topological polar surface area (TPSA) is 63.6 Å². The van der Waals surface area contributed by atoms with Gasteiger partial charge in [0, 0.05) is 25.5 Å². The molecular weight excluding hydrogens is 280 g/mol. The summed E-state index contributed by atoms with van der Waals surface area (Å²) in [6, 6.07) is 9.45. The highest BCUT2D eigenvalue weighted by Gasteiger charge is 2.08. The SMILES string of the molecule is CCOc1ccc(CNCC(O)c2ccncc2)cc1OC. The van der Waals surface area contributed by atoms with Crippen LogP contribution in [-0.4, -0.2) is 30.4 Å². The molecule has 5 nitrogen and oxygen atoms in total. The quantitative estimate of drug-likeness (QED) is 0.783. The minimum absolute atomic E-state index is 0.472. The molecule has 2 rings (SSSR count). The molecule has 0 spiro atoms. The van der Waals surface area contributed by atoms with E-state index in [0.29, 0.717) is 19.7 Å². The Morgan fingerprint density at radius 3 is 2.64 bits per heavy atom. The van der Waals surface area contributed by atoms with Crippen molar-refractivity contribution >= 4 is 0 Å². The van der Waals surface area contributed by atoms with Crippen molar-refractivity contribution < 1.29 is 14.6 Å². The predicted molar refractivity (Wildman–Crippen MR) is 85.1 cm³/mol. The van der Waals surface area contributed by atoms with E-state index in [0.717, 1.165) is 22.6 Å². The second kappa shape index (κ2) is 8.36. The zero-order chi connectivity index (χ0) is 15.8. The molecule has 0 fully saturated rings. The van der Waals surface area contributed by atoms with Gasteiger partial charge in [0.2, 0.25) is 0 Å². The van der Waals surface area contributed by atoms with Crippen LogP contribution in [-0.2, 0) is 6.54 Å². The van der Waals surface area contributed by atoms with Crippen LogP contribution in [0.5, 0.6) is 11.5 Å². The molecule has 2 N–H and O–H groups in total. The van der Waals surface area contributed by atoms with Crippen LogP contribution in [0.3, 0.4) is 0 Å². The van der Waals surface area contributed by atoms with E-state index in [-0.39, 0.29) is 0 Å². The van der Waals surface area contributed by atoms with Gasteiger partial charge in [-0.1, -0.05) is 6.07 Å². The van der Waals surface area contributed by atoms with Crippen LogP contribution in [0.25, 0.3) is 0 Å². The largest absolute Gasteiger partial charge is 0.493 e. The summed E-state index contributed by atoms with van der Waals surface area (Å²) in [6.07, 6.45) is 2.80. The van der Waals surface area contributed by atoms with E-state index < -0.39 is 6.10 Å². The molecule has 22 heavy (non-hydrogen) atoms. The van der Waals surface area contributed by atoms with E-state index in [1.54, 1.807) is 19.5 Å². The molecular formula is C17H22N2O3. The molecule has 0 radical (unpaired) electrons. The zero-order valence-electron chi connectivity index (χ0n) is 13.0. The maximum atomic E-state index is 10.1. The van der Waals surface area contributed by atoms with E-state index in [4.69, 9.17) is 9.47 Å². The number of hydrogen-bond donors (Lipinski definition) is 2. The summed E-state index contributed by atoms with van der Waals surface area (Å²) in [5.74, 6) is 1.46. The van der Waals surface area contributed by atoms with Crippen LogP contribution in [0.1, 0.15) is 24.2 Å². The molecule has 1 heterocycles. The van der Waals surface area contributed by atoms with E-state index in [9.17, 15) is 5.11 Å². The molecule has 118 valence electrons. The number of aliphatic hydroxyl groups excluding tert-OH is 1. The van der Waals surface area contributed by atoms with Gasteiger partial charge in [-0.05, 0) is 42.3 Å². The first-order valence-corrected chi connectivity index (χ1v) is 7.33. The van der Waals surface area contributed by atoms with Gasteiger partial charge in [0.1, 0.15) is 0 Å². The van der Waals surface area contributed by atoms with Crippen molar-refractivity contribution in [3.05, 3.63) is 53.9 Å². The van der Waals surface area contributed by atoms with Gasteiger partial charge >= 0.3 is 0 Å². The van der Waals surface area contributed by atoms with Gasteiger partial charge in [-0.3, -0.25) is 4.98 Å². The zero-order valence-corrected chi connectivity index (χ0v) is 13.0. The van der Waals surface area contributed by atoms with Gasteiger partial charge in [0.15, 0.2) is 11.5 Å². The number of methoxy groups -OCH3 is 1. The van der Waals surface area contributed by atoms with Gasteiger partial charge in [0.05, 0.1) is 19.8 Å². The van der Waals surface area contributed by atoms with E-state index in [1.807, 2.05) is 37.3 Å². The molecule has 5 heteroatoms. The summed E-state index contributed by atoms with van der Waals surface area (Å²) in [5, 5.41) is 13.3. The molecule has 1 aromatic carbocycles. The van der Waals surface area contributed by atoms with Crippen molar-refractivity contribution in [2.45, 2.75) is 19.6 Å². The number of nitrogens with zero attached hydrogens (tertiary/aromatic N) is 1. The predicted octanol–water partition coefficient (Wildman–Crippen LogP) is 2.31. The van der Waals surface area contributed by atoms with Gasteiger partial charge in [-0.25, -0.2) is 0 Å². The second-order valence-electron chi connectivity index (χ2n) is 4.85. The Balaban J connectivity index is 1.89. The van der Waals surface area contributed by atoms with Crippen molar-refractivity contribution in [1.29, 1.82) is 0 Å². The first-order chi connectivity index (χ1) is 10.7. The van der Waals surface area contributed by atoms with Crippen molar-refractivity contribution in [3.8, 4) is 11.5 Å². The van der Waals surface area contributed by atoms with Crippen LogP contribution in [0.2, 0.25) is 0 Å². The van der Waals surface area contributed by atoms with Crippen molar-refractivity contribution in [1.82, 2.24) is 10.3 Å². The Bertz CT molecular complexity index is 575. The summed E-state index contributed by atoms with van der Waals surface area (Å²) in [7, 11) is 1.63. The lowest BCUT2D eigenvalue weighted by molar-refractivity contribution is 0.174. The van der Waals surface area contributed by atoms with E-state index >= 15 is 0 Å². The molecule has 0 aliphatic rings. The number of rotatable bonds is 8. The summed E-state index contributed by atoms with van der Waals surface area (Å²) in [5.41, 5.74) is 1.93. The Kier molecular flexibility index (Phi) is 6.18. The molecule has 1 unspecified atom stereocenters. The number of aromatic nitrogens is 1. The molecule has 0 saturated heterocycles. The summed E-state index contributed by atoms with van der Waals surface area (Å²) < 4.78 is 10.8. The Labute approximate surface area is 130 Å². The van der Waals surface area contributed by atoms with Crippen LogP contribution < -0.4 is 14.8 Å². The highest BCUT2D eigenvalue weighted by molar-refractivity contribution is 5.42. The highest BCUT2D eigenvalue weighted by Crippen LogP contribution is 2.28. The number of pyridine rings is 1. The Morgan fingerprint density at radius 2 is 1.95 bits per heavy atom. The summed E-state index contributed by atoms with van der Waals surface area (Å²) in [6.45, 7) is 3.66. The standard InChI is InChI=1S/C17H22N2O3/c1-3-22-16-5-4-13(10-17(16)21-2)11-19-12-15(20)14-6-8-18-9-7-14/h4-10,15,19-20H,3,11-12H2,1-2H3. The lowest BCUT2D eigenvalue weighted by Gasteiger charge is -2.14. The van der Waals surface area contributed by atoms with Crippen LogP contribution in [0.15, 0.2) is 42.7 Å². The van der Waals surface area contributed by atoms with Crippen LogP contribution >= 0.6 is 0 Å². The van der Waals surface area contributed by atoms with Crippen LogP contribution in [0.4, 0.5) is 0 Å². The van der Waals surface area contributed by atoms with E-state index in [1.165, 1.54) is 0 Å². The summed E-state index contributed by atoms with van der Waals surface area (Å²) in [4.78, 5) is 3.94. The third-order valence-electron chi connectivity index (χ3n) is 3.29. The number of ether oxygens (including phenoxy) is 2. The average molecular weight is 302 g/mol. The minimum Gasteiger partial charge on any atom is -0.493 e. The molecule has 2 aromatic rings. The second-order valence-corrected chi connectivity index (χ2v) is 4.85. The number of benzene rings is 1. The first kappa shape index (κ1) is 16.3. The average Bonchev–Trinajstić information content (AvgIpc) is 2.57. The lowest BCUT2D eigenvalue weighted by atomic mass is 10.1. The Hall–Kier alpha value is -2.11. The molecule has 0 saturated carbocycles. The van der Waals surface area contributed by atoms with Crippen molar-refractivity contribution in [3.63, 3.8) is 0 Å². The molecule has 0 amide bonds. The first-order valence-electron chi connectivity index (χ1n) is 7.33. The number of hydrogen-bond acceptors (Lipinski definition) is 5. The maximum absolute atomic E-state index is 10.1. The molecule has 0 aliphatic carbocycles. The monoisotopic (exact) mass is 302 g/mol. The molecule has 1 atom stereocenters. The highest BCUT2D eigenvalue weighted by atomic mass is 16.5. The molecule has 0 bridgehead atoms.